The number of aromatic hydroxyl groups is 1. The second-order valence-corrected chi connectivity index (χ2v) is 9.98. The Morgan fingerprint density at radius 2 is 1.80 bits per heavy atom. The number of fused-ring (bicyclic) bond motifs is 2. The standard InChI is InChI=1S/C24H31N3O3/c1-13-9-14(2)19(15(3)10-13)27-21(29)17(20(28)26-22(27)30)12-25-18-11-16-7-8-24(18,6)23(16,4)5/h9-10,12,16,18,29H,7-8,11H2,1-6H3,(H,26,28,30)/t16-,18-,24-/m1/s1. The van der Waals surface area contributed by atoms with E-state index in [2.05, 4.69) is 25.8 Å². The fraction of sp³-hybridized carbons (Fsp3) is 0.542. The lowest BCUT2D eigenvalue weighted by Gasteiger charge is -2.37. The lowest BCUT2D eigenvalue weighted by atomic mass is 9.69. The number of aromatic amines is 1. The van der Waals surface area contributed by atoms with E-state index in [4.69, 9.17) is 4.99 Å². The van der Waals surface area contributed by atoms with Crippen LogP contribution < -0.4 is 11.2 Å². The van der Waals surface area contributed by atoms with Crippen LogP contribution in [-0.4, -0.2) is 26.9 Å². The van der Waals surface area contributed by atoms with Crippen molar-refractivity contribution in [2.75, 3.05) is 0 Å². The molecule has 2 bridgehead atoms. The zero-order chi connectivity index (χ0) is 22.0. The maximum atomic E-state index is 12.6. The summed E-state index contributed by atoms with van der Waals surface area (Å²) in [6.07, 6.45) is 4.80. The Bertz CT molecular complexity index is 1150. The first kappa shape index (κ1) is 20.6. The van der Waals surface area contributed by atoms with Gasteiger partial charge in [-0.15, -0.1) is 0 Å². The smallest absolute Gasteiger partial charge is 0.335 e. The van der Waals surface area contributed by atoms with Crippen LogP contribution in [0.5, 0.6) is 5.88 Å². The van der Waals surface area contributed by atoms with Crippen molar-refractivity contribution >= 4 is 6.21 Å². The van der Waals surface area contributed by atoms with Crippen LogP contribution in [0.3, 0.4) is 0 Å². The molecule has 1 aromatic heterocycles. The summed E-state index contributed by atoms with van der Waals surface area (Å²) in [6.45, 7) is 12.7. The Kier molecular flexibility index (Phi) is 4.60. The molecule has 1 aromatic carbocycles. The summed E-state index contributed by atoms with van der Waals surface area (Å²) in [7, 11) is 0. The maximum Gasteiger partial charge on any atom is 0.335 e. The number of aryl methyl sites for hydroxylation is 3. The van der Waals surface area contributed by atoms with Gasteiger partial charge >= 0.3 is 5.69 Å². The highest BCUT2D eigenvalue weighted by atomic mass is 16.3. The summed E-state index contributed by atoms with van der Waals surface area (Å²) in [5.41, 5.74) is 2.39. The van der Waals surface area contributed by atoms with E-state index >= 15 is 0 Å². The van der Waals surface area contributed by atoms with Crippen LogP contribution in [0.15, 0.2) is 26.7 Å². The first-order valence-corrected chi connectivity index (χ1v) is 10.7. The van der Waals surface area contributed by atoms with Gasteiger partial charge in [-0.25, -0.2) is 9.36 Å². The molecule has 4 rings (SSSR count). The molecule has 0 amide bonds. The second kappa shape index (κ2) is 6.69. The monoisotopic (exact) mass is 409 g/mol. The molecule has 2 aliphatic carbocycles. The van der Waals surface area contributed by atoms with E-state index in [0.29, 0.717) is 11.6 Å². The maximum absolute atomic E-state index is 12.6. The van der Waals surface area contributed by atoms with Crippen molar-refractivity contribution in [3.63, 3.8) is 0 Å². The van der Waals surface area contributed by atoms with E-state index in [0.717, 1.165) is 29.5 Å². The zero-order valence-corrected chi connectivity index (χ0v) is 18.7. The van der Waals surface area contributed by atoms with E-state index in [9.17, 15) is 14.7 Å². The van der Waals surface area contributed by atoms with E-state index < -0.39 is 11.2 Å². The Balaban J connectivity index is 1.80. The second-order valence-electron chi connectivity index (χ2n) is 9.98. The van der Waals surface area contributed by atoms with Gasteiger partial charge in [0.2, 0.25) is 5.88 Å². The molecule has 0 unspecified atom stereocenters. The Morgan fingerprint density at radius 3 is 2.33 bits per heavy atom. The van der Waals surface area contributed by atoms with Crippen molar-refractivity contribution in [3.05, 3.63) is 55.2 Å². The molecule has 3 atom stereocenters. The molecule has 0 aliphatic heterocycles. The predicted octanol–water partition coefficient (Wildman–Crippen LogP) is 3.79. The van der Waals surface area contributed by atoms with Crippen LogP contribution >= 0.6 is 0 Å². The van der Waals surface area contributed by atoms with Crippen molar-refractivity contribution in [2.45, 2.75) is 66.8 Å². The molecule has 2 aliphatic rings. The number of benzene rings is 1. The molecule has 0 spiro atoms. The number of rotatable bonds is 3. The van der Waals surface area contributed by atoms with Crippen LogP contribution in [0.4, 0.5) is 0 Å². The van der Waals surface area contributed by atoms with E-state index in [-0.39, 0.29) is 28.3 Å². The third-order valence-electron chi connectivity index (χ3n) is 8.11. The highest BCUT2D eigenvalue weighted by molar-refractivity contribution is 5.82. The van der Waals surface area contributed by atoms with Gasteiger partial charge in [0.1, 0.15) is 5.56 Å². The van der Waals surface area contributed by atoms with Crippen LogP contribution in [0.1, 0.15) is 62.3 Å². The summed E-state index contributed by atoms with van der Waals surface area (Å²) >= 11 is 0. The van der Waals surface area contributed by atoms with Crippen molar-refractivity contribution in [1.82, 2.24) is 9.55 Å². The third kappa shape index (κ3) is 2.80. The molecule has 1 heterocycles. The fourth-order valence-corrected chi connectivity index (χ4v) is 5.94. The summed E-state index contributed by atoms with van der Waals surface area (Å²) in [6, 6.07) is 4.00. The van der Waals surface area contributed by atoms with Crippen molar-refractivity contribution in [1.29, 1.82) is 0 Å². The molecule has 0 saturated heterocycles. The number of nitrogens with zero attached hydrogens (tertiary/aromatic N) is 2. The average molecular weight is 410 g/mol. The largest absolute Gasteiger partial charge is 0.493 e. The Morgan fingerprint density at radius 1 is 1.17 bits per heavy atom. The first-order valence-electron chi connectivity index (χ1n) is 10.7. The van der Waals surface area contributed by atoms with Gasteiger partial charge in [0.05, 0.1) is 11.7 Å². The molecule has 6 heteroatoms. The molecule has 6 nitrogen and oxygen atoms in total. The van der Waals surface area contributed by atoms with Crippen molar-refractivity contribution < 1.29 is 5.11 Å². The normalized spacial score (nSPS) is 27.3. The van der Waals surface area contributed by atoms with E-state index in [1.165, 1.54) is 17.2 Å². The minimum atomic E-state index is -0.655. The molecule has 2 saturated carbocycles. The molecule has 2 aromatic rings. The van der Waals surface area contributed by atoms with Gasteiger partial charge in [0.25, 0.3) is 5.56 Å². The number of nitrogens with one attached hydrogen (secondary N) is 1. The lowest BCUT2D eigenvalue weighted by molar-refractivity contribution is 0.137. The van der Waals surface area contributed by atoms with Crippen LogP contribution in [-0.2, 0) is 0 Å². The van der Waals surface area contributed by atoms with Gasteiger partial charge < -0.3 is 5.11 Å². The predicted molar refractivity (Wildman–Crippen MR) is 119 cm³/mol. The minimum absolute atomic E-state index is 0.0261. The summed E-state index contributed by atoms with van der Waals surface area (Å²) in [5, 5.41) is 10.9. The van der Waals surface area contributed by atoms with Crippen LogP contribution in [0.25, 0.3) is 5.69 Å². The Labute approximate surface area is 176 Å². The van der Waals surface area contributed by atoms with Crippen molar-refractivity contribution in [2.24, 2.45) is 21.7 Å². The summed E-state index contributed by atoms with van der Waals surface area (Å²) < 4.78 is 1.18. The molecule has 0 radical (unpaired) electrons. The number of H-pyrrole nitrogens is 1. The van der Waals surface area contributed by atoms with Gasteiger partial charge in [-0.2, -0.15) is 0 Å². The van der Waals surface area contributed by atoms with Crippen LogP contribution in [0, 0.1) is 37.5 Å². The van der Waals surface area contributed by atoms with Gasteiger partial charge in [-0.3, -0.25) is 14.8 Å². The molecular weight excluding hydrogens is 378 g/mol. The molecular formula is C24H31N3O3. The molecule has 2 fully saturated rings. The topological polar surface area (TPSA) is 87.4 Å². The van der Waals surface area contributed by atoms with Gasteiger partial charge in [-0.05, 0) is 67.9 Å². The SMILES string of the molecule is Cc1cc(C)c(-n2c(O)c(C=N[C@@H]3C[C@H]4CC[C@@]3(C)C4(C)C)c(=O)[nH]c2=O)c(C)c1. The van der Waals surface area contributed by atoms with Gasteiger partial charge in [-0.1, -0.05) is 38.5 Å². The van der Waals surface area contributed by atoms with Crippen LogP contribution in [0.2, 0.25) is 0 Å². The van der Waals surface area contributed by atoms with E-state index in [1.54, 1.807) is 0 Å². The molecule has 2 N–H and O–H groups in total. The average Bonchev–Trinajstić information content (AvgIpc) is 2.96. The lowest BCUT2D eigenvalue weighted by Crippen LogP contribution is -2.35. The number of aromatic nitrogens is 2. The highest BCUT2D eigenvalue weighted by Crippen LogP contribution is 2.66. The fourth-order valence-electron chi connectivity index (χ4n) is 5.94. The van der Waals surface area contributed by atoms with Crippen molar-refractivity contribution in [3.8, 4) is 11.6 Å². The zero-order valence-electron chi connectivity index (χ0n) is 18.7. The van der Waals surface area contributed by atoms with E-state index in [1.807, 2.05) is 32.9 Å². The third-order valence-corrected chi connectivity index (χ3v) is 8.11. The number of hydrogen-bond acceptors (Lipinski definition) is 4. The quantitative estimate of drug-likeness (QED) is 0.756. The minimum Gasteiger partial charge on any atom is -0.493 e. The highest BCUT2D eigenvalue weighted by Gasteiger charge is 2.61. The Hall–Kier alpha value is -2.63. The number of aliphatic imine (C=N–C) groups is 1. The molecule has 160 valence electrons. The van der Waals surface area contributed by atoms with Gasteiger partial charge in [0, 0.05) is 6.21 Å². The first-order chi connectivity index (χ1) is 14.0. The molecule has 30 heavy (non-hydrogen) atoms. The summed E-state index contributed by atoms with van der Waals surface area (Å²) in [5.74, 6) is 0.262. The van der Waals surface area contributed by atoms with Gasteiger partial charge in [0.15, 0.2) is 0 Å². The summed E-state index contributed by atoms with van der Waals surface area (Å²) in [4.78, 5) is 32.2. The number of hydrogen-bond donors (Lipinski definition) is 2.